The Balaban J connectivity index is 2.09. The molecule has 0 aliphatic rings. The van der Waals surface area contributed by atoms with Crippen molar-refractivity contribution in [2.45, 2.75) is 20.4 Å². The van der Waals surface area contributed by atoms with Crippen LogP contribution < -0.4 is 11.1 Å². The molecular formula is C11H13FN4S. The van der Waals surface area contributed by atoms with Gasteiger partial charge in [0, 0.05) is 18.1 Å². The molecule has 0 aliphatic carbocycles. The van der Waals surface area contributed by atoms with Crippen LogP contribution in [0.3, 0.4) is 0 Å². The lowest BCUT2D eigenvalue weighted by atomic mass is 10.1. The Bertz CT molecular complexity index is 515. The first-order chi connectivity index (χ1) is 8.06. The Labute approximate surface area is 103 Å². The Kier molecular flexibility index (Phi) is 3.23. The number of nitrogens with one attached hydrogen (secondary N) is 1. The highest BCUT2D eigenvalue weighted by Crippen LogP contribution is 2.17. The molecule has 2 rings (SSSR count). The molecule has 4 nitrogen and oxygen atoms in total. The highest BCUT2D eigenvalue weighted by molar-refractivity contribution is 7.09. The minimum absolute atomic E-state index is 0.145. The number of nitrogen functional groups attached to an aromatic ring is 1. The van der Waals surface area contributed by atoms with Gasteiger partial charge in [-0.15, -0.1) is 0 Å². The van der Waals surface area contributed by atoms with Crippen LogP contribution in [-0.4, -0.2) is 9.36 Å². The van der Waals surface area contributed by atoms with Gasteiger partial charge in [0.15, 0.2) is 0 Å². The molecule has 2 aromatic rings. The molecule has 6 heteroatoms. The molecule has 3 N–H and O–H groups in total. The number of nitrogens with two attached hydrogens (primary N) is 1. The van der Waals surface area contributed by atoms with Crippen LogP contribution in [0.1, 0.15) is 16.7 Å². The summed E-state index contributed by atoms with van der Waals surface area (Å²) in [6, 6.07) is 3.64. The van der Waals surface area contributed by atoms with Gasteiger partial charge < -0.3 is 11.1 Å². The average molecular weight is 252 g/mol. The maximum atomic E-state index is 13.4. The van der Waals surface area contributed by atoms with Gasteiger partial charge in [-0.2, -0.15) is 9.36 Å². The zero-order valence-corrected chi connectivity index (χ0v) is 10.4. The summed E-state index contributed by atoms with van der Waals surface area (Å²) < 4.78 is 17.3. The van der Waals surface area contributed by atoms with Crippen LogP contribution in [0.4, 0.5) is 15.5 Å². The summed E-state index contributed by atoms with van der Waals surface area (Å²) in [5, 5.41) is 3.77. The fraction of sp³-hybridized carbons (Fsp3) is 0.273. The van der Waals surface area contributed by atoms with E-state index in [9.17, 15) is 4.39 Å². The van der Waals surface area contributed by atoms with Crippen LogP contribution in [0.15, 0.2) is 12.1 Å². The Morgan fingerprint density at radius 2 is 2.00 bits per heavy atom. The first-order valence-electron chi connectivity index (χ1n) is 5.15. The molecule has 0 amide bonds. The lowest BCUT2D eigenvalue weighted by Crippen LogP contribution is -2.01. The summed E-state index contributed by atoms with van der Waals surface area (Å²) >= 11 is 1.21. The molecular weight excluding hydrogens is 239 g/mol. The van der Waals surface area contributed by atoms with E-state index >= 15 is 0 Å². The summed E-state index contributed by atoms with van der Waals surface area (Å²) in [5.74, 6) is 0.123. The normalized spacial score (nSPS) is 10.5. The van der Waals surface area contributed by atoms with Gasteiger partial charge in [-0.1, -0.05) is 12.1 Å². The van der Waals surface area contributed by atoms with Crippen LogP contribution in [-0.2, 0) is 6.54 Å². The highest BCUT2D eigenvalue weighted by Gasteiger charge is 2.05. The minimum Gasteiger partial charge on any atom is -0.367 e. The highest BCUT2D eigenvalue weighted by atomic mass is 32.1. The van der Waals surface area contributed by atoms with Crippen molar-refractivity contribution in [1.82, 2.24) is 9.36 Å². The van der Waals surface area contributed by atoms with Crippen molar-refractivity contribution in [3.05, 3.63) is 34.6 Å². The lowest BCUT2D eigenvalue weighted by molar-refractivity contribution is 0.608. The van der Waals surface area contributed by atoms with Gasteiger partial charge in [-0.3, -0.25) is 0 Å². The minimum atomic E-state index is -0.145. The van der Waals surface area contributed by atoms with Crippen molar-refractivity contribution in [2.24, 2.45) is 0 Å². The van der Waals surface area contributed by atoms with E-state index in [1.165, 1.54) is 11.5 Å². The number of nitrogens with zero attached hydrogens (tertiary/aromatic N) is 2. The van der Waals surface area contributed by atoms with E-state index in [-0.39, 0.29) is 11.8 Å². The summed E-state index contributed by atoms with van der Waals surface area (Å²) in [7, 11) is 0. The predicted molar refractivity (Wildman–Crippen MR) is 67.5 cm³/mol. The van der Waals surface area contributed by atoms with Gasteiger partial charge in [0.1, 0.15) is 5.82 Å². The molecule has 1 aromatic carbocycles. The molecule has 0 saturated carbocycles. The zero-order chi connectivity index (χ0) is 12.4. The van der Waals surface area contributed by atoms with Crippen LogP contribution in [0.5, 0.6) is 0 Å². The SMILES string of the molecule is Cc1cc(CNc2nc(N)ns2)cc(C)c1F. The van der Waals surface area contributed by atoms with E-state index in [0.29, 0.717) is 22.8 Å². The largest absolute Gasteiger partial charge is 0.367 e. The van der Waals surface area contributed by atoms with E-state index in [4.69, 9.17) is 5.73 Å². The smallest absolute Gasteiger partial charge is 0.233 e. The van der Waals surface area contributed by atoms with Gasteiger partial charge in [0.25, 0.3) is 0 Å². The van der Waals surface area contributed by atoms with Crippen molar-refractivity contribution < 1.29 is 4.39 Å². The van der Waals surface area contributed by atoms with E-state index in [2.05, 4.69) is 14.7 Å². The fourth-order valence-electron chi connectivity index (χ4n) is 1.62. The number of aryl methyl sites for hydroxylation is 2. The van der Waals surface area contributed by atoms with Crippen LogP contribution in [0.2, 0.25) is 0 Å². The van der Waals surface area contributed by atoms with Gasteiger partial charge in [0.2, 0.25) is 11.1 Å². The first-order valence-corrected chi connectivity index (χ1v) is 5.92. The summed E-state index contributed by atoms with van der Waals surface area (Å²) in [4.78, 5) is 3.99. The number of anilines is 2. The molecule has 90 valence electrons. The van der Waals surface area contributed by atoms with Gasteiger partial charge in [0.05, 0.1) is 0 Å². The molecule has 1 aromatic heterocycles. The third-order valence-corrected chi connectivity index (χ3v) is 3.07. The van der Waals surface area contributed by atoms with Gasteiger partial charge in [-0.25, -0.2) is 4.39 Å². The Morgan fingerprint density at radius 1 is 1.35 bits per heavy atom. The van der Waals surface area contributed by atoms with Crippen LogP contribution >= 0.6 is 11.5 Å². The van der Waals surface area contributed by atoms with Crippen LogP contribution in [0, 0.1) is 19.7 Å². The molecule has 0 spiro atoms. The molecule has 0 aliphatic heterocycles. The number of rotatable bonds is 3. The van der Waals surface area contributed by atoms with E-state index in [1.807, 2.05) is 12.1 Å². The fourth-order valence-corrected chi connectivity index (χ4v) is 2.11. The molecule has 0 bridgehead atoms. The molecule has 17 heavy (non-hydrogen) atoms. The van der Waals surface area contributed by atoms with Gasteiger partial charge in [-0.05, 0) is 30.5 Å². The maximum absolute atomic E-state index is 13.4. The molecule has 1 heterocycles. The molecule has 0 saturated heterocycles. The van der Waals surface area contributed by atoms with E-state index < -0.39 is 0 Å². The first kappa shape index (κ1) is 11.8. The van der Waals surface area contributed by atoms with Crippen molar-refractivity contribution in [2.75, 3.05) is 11.1 Å². The Hall–Kier alpha value is -1.69. The number of hydrogen-bond acceptors (Lipinski definition) is 5. The summed E-state index contributed by atoms with van der Waals surface area (Å²) in [5.41, 5.74) is 7.73. The number of hydrogen-bond donors (Lipinski definition) is 2. The second-order valence-corrected chi connectivity index (χ2v) is 4.61. The predicted octanol–water partition coefficient (Wildman–Crippen LogP) is 2.49. The number of halogens is 1. The van der Waals surface area contributed by atoms with Crippen molar-refractivity contribution in [3.63, 3.8) is 0 Å². The second-order valence-electron chi connectivity index (χ2n) is 3.85. The standard InChI is InChI=1S/C11H13FN4S/c1-6-3-8(4-7(2)9(6)12)5-14-11-15-10(13)16-17-11/h3-4H,5H2,1-2H3,(H3,13,14,15,16). The Morgan fingerprint density at radius 3 is 2.53 bits per heavy atom. The van der Waals surface area contributed by atoms with Crippen molar-refractivity contribution in [3.8, 4) is 0 Å². The van der Waals surface area contributed by atoms with E-state index in [0.717, 1.165) is 5.56 Å². The molecule has 0 radical (unpaired) electrons. The molecule has 0 fully saturated rings. The quantitative estimate of drug-likeness (QED) is 0.881. The summed E-state index contributed by atoms with van der Waals surface area (Å²) in [6.45, 7) is 4.10. The molecule has 0 unspecified atom stereocenters. The third-order valence-electron chi connectivity index (χ3n) is 2.38. The van der Waals surface area contributed by atoms with Gasteiger partial charge >= 0.3 is 0 Å². The van der Waals surface area contributed by atoms with E-state index in [1.54, 1.807) is 13.8 Å². The lowest BCUT2D eigenvalue weighted by Gasteiger charge is -2.07. The summed E-state index contributed by atoms with van der Waals surface area (Å²) in [6.07, 6.45) is 0. The monoisotopic (exact) mass is 252 g/mol. The zero-order valence-electron chi connectivity index (χ0n) is 9.62. The topological polar surface area (TPSA) is 63.8 Å². The third kappa shape index (κ3) is 2.71. The average Bonchev–Trinajstić information content (AvgIpc) is 2.69. The second kappa shape index (κ2) is 4.67. The van der Waals surface area contributed by atoms with Crippen LogP contribution in [0.25, 0.3) is 0 Å². The maximum Gasteiger partial charge on any atom is 0.233 e. The molecule has 0 atom stereocenters. The number of benzene rings is 1. The number of aromatic nitrogens is 2. The van der Waals surface area contributed by atoms with Crippen molar-refractivity contribution in [1.29, 1.82) is 0 Å². The van der Waals surface area contributed by atoms with Crippen molar-refractivity contribution >= 4 is 22.6 Å².